The van der Waals surface area contributed by atoms with Crippen LogP contribution < -0.4 is 0 Å². The molecule has 1 aliphatic carbocycles. The summed E-state index contributed by atoms with van der Waals surface area (Å²) in [6.45, 7) is 9.04. The fourth-order valence-electron chi connectivity index (χ4n) is 1.43. The minimum absolute atomic E-state index is 0. The molecule has 0 fully saturated rings. The minimum Gasteiger partial charge on any atom is -0.269 e. The van der Waals surface area contributed by atoms with Crippen LogP contribution in [0.15, 0.2) is 17.2 Å². The molecular weight excluding hydrogens is 323 g/mol. The average Bonchev–Trinajstić information content (AvgIpc) is 2.35. The van der Waals surface area contributed by atoms with Gasteiger partial charge >= 0.3 is 0 Å². The smallest absolute Gasteiger partial charge is 0 e. The average molecular weight is 342 g/mol. The van der Waals surface area contributed by atoms with Crippen molar-refractivity contribution in [2.45, 2.75) is 47.0 Å². The molecule has 0 aliphatic heterocycles. The van der Waals surface area contributed by atoms with Crippen LogP contribution in [0.3, 0.4) is 0 Å². The van der Waals surface area contributed by atoms with Gasteiger partial charge in [-0.25, -0.2) is 11.6 Å². The Morgan fingerprint density at radius 1 is 1.38 bits per heavy atom. The standard InChI is InChI=1S/C12H19.Hf/c1-5-6-10-7-8-11(9-10)12(2,3)4;/h9H,5-6,8H2,1-4H3;/q-1;. The first-order chi connectivity index (χ1) is 5.54. The predicted molar refractivity (Wildman–Crippen MR) is 53.8 cm³/mol. The maximum absolute atomic E-state index is 3.44. The molecule has 0 amide bonds. The third-order valence-corrected chi connectivity index (χ3v) is 2.34. The van der Waals surface area contributed by atoms with Crippen molar-refractivity contribution < 1.29 is 25.8 Å². The first kappa shape index (κ1) is 13.4. The summed E-state index contributed by atoms with van der Waals surface area (Å²) in [5.74, 6) is 0. The molecule has 72 valence electrons. The quantitative estimate of drug-likeness (QED) is 0.528. The van der Waals surface area contributed by atoms with E-state index < -0.39 is 0 Å². The Balaban J connectivity index is 0.00000144. The Bertz CT molecular complexity index is 216. The van der Waals surface area contributed by atoms with Gasteiger partial charge in [-0.2, -0.15) is 5.57 Å². The molecule has 0 unspecified atom stereocenters. The van der Waals surface area contributed by atoms with Crippen LogP contribution in [0.4, 0.5) is 0 Å². The van der Waals surface area contributed by atoms with E-state index in [1.807, 2.05) is 0 Å². The van der Waals surface area contributed by atoms with Crippen LogP contribution in [-0.2, 0) is 25.8 Å². The first-order valence-corrected chi connectivity index (χ1v) is 4.85. The molecular formula is C12H19Hf-. The van der Waals surface area contributed by atoms with Crippen molar-refractivity contribution in [3.8, 4) is 0 Å². The van der Waals surface area contributed by atoms with Gasteiger partial charge in [0.15, 0.2) is 0 Å². The van der Waals surface area contributed by atoms with Crippen LogP contribution in [0.2, 0.25) is 0 Å². The molecule has 0 atom stereocenters. The van der Waals surface area contributed by atoms with Gasteiger partial charge in [0, 0.05) is 25.8 Å². The summed E-state index contributed by atoms with van der Waals surface area (Å²) in [7, 11) is 0. The van der Waals surface area contributed by atoms with Crippen molar-refractivity contribution in [3.63, 3.8) is 0 Å². The monoisotopic (exact) mass is 343 g/mol. The minimum atomic E-state index is 0. The van der Waals surface area contributed by atoms with Gasteiger partial charge in [0.25, 0.3) is 0 Å². The number of hydrogen-bond acceptors (Lipinski definition) is 0. The van der Waals surface area contributed by atoms with Crippen LogP contribution >= 0.6 is 0 Å². The second kappa shape index (κ2) is 5.29. The van der Waals surface area contributed by atoms with E-state index in [9.17, 15) is 0 Å². The largest absolute Gasteiger partial charge is 0.269 e. The van der Waals surface area contributed by atoms with E-state index in [0.29, 0.717) is 5.41 Å². The van der Waals surface area contributed by atoms with E-state index in [1.54, 1.807) is 0 Å². The summed E-state index contributed by atoms with van der Waals surface area (Å²) in [6.07, 6.45) is 9.26. The molecule has 0 radical (unpaired) electrons. The summed E-state index contributed by atoms with van der Waals surface area (Å²) in [5, 5.41) is 0. The SMILES string of the molecule is CCCC1=[C-]CC(C(C)(C)C)=C1.[Hf]. The molecule has 0 saturated heterocycles. The Morgan fingerprint density at radius 3 is 2.38 bits per heavy atom. The Hall–Kier alpha value is 0.350. The van der Waals surface area contributed by atoms with Crippen molar-refractivity contribution in [2.24, 2.45) is 5.41 Å². The second-order valence-corrected chi connectivity index (χ2v) is 4.55. The molecule has 0 N–H and O–H groups in total. The van der Waals surface area contributed by atoms with Gasteiger partial charge in [0.05, 0.1) is 0 Å². The fraction of sp³-hybridized carbons (Fsp3) is 0.667. The van der Waals surface area contributed by atoms with Gasteiger partial charge in [-0.1, -0.05) is 40.5 Å². The molecule has 1 heteroatoms. The summed E-state index contributed by atoms with van der Waals surface area (Å²) in [4.78, 5) is 0. The molecule has 0 heterocycles. The van der Waals surface area contributed by atoms with Crippen molar-refractivity contribution in [1.82, 2.24) is 0 Å². The molecule has 0 spiro atoms. The third kappa shape index (κ3) is 3.93. The van der Waals surface area contributed by atoms with Gasteiger partial charge in [-0.15, -0.1) is 6.42 Å². The van der Waals surface area contributed by atoms with Gasteiger partial charge < -0.3 is 0 Å². The number of rotatable bonds is 2. The zero-order chi connectivity index (χ0) is 9.19. The Morgan fingerprint density at radius 2 is 2.00 bits per heavy atom. The molecule has 0 aromatic rings. The topological polar surface area (TPSA) is 0 Å². The third-order valence-electron chi connectivity index (χ3n) is 2.34. The second-order valence-electron chi connectivity index (χ2n) is 4.55. The molecule has 0 saturated carbocycles. The van der Waals surface area contributed by atoms with Gasteiger partial charge in [-0.3, -0.25) is 6.08 Å². The summed E-state index contributed by atoms with van der Waals surface area (Å²) < 4.78 is 0. The van der Waals surface area contributed by atoms with Gasteiger partial charge in [0.2, 0.25) is 0 Å². The van der Waals surface area contributed by atoms with Crippen LogP contribution in [0.5, 0.6) is 0 Å². The van der Waals surface area contributed by atoms with Crippen molar-refractivity contribution in [2.75, 3.05) is 0 Å². The van der Waals surface area contributed by atoms with Crippen LogP contribution in [0.1, 0.15) is 47.0 Å². The Labute approximate surface area is 101 Å². The van der Waals surface area contributed by atoms with Crippen LogP contribution in [0, 0.1) is 11.5 Å². The van der Waals surface area contributed by atoms with E-state index in [0.717, 1.165) is 6.42 Å². The molecule has 13 heavy (non-hydrogen) atoms. The molecule has 1 aliphatic rings. The number of allylic oxidation sites excluding steroid dienone is 4. The maximum Gasteiger partial charge on any atom is 0 e. The summed E-state index contributed by atoms with van der Waals surface area (Å²) in [6, 6.07) is 0. The van der Waals surface area contributed by atoms with E-state index in [1.165, 1.54) is 24.0 Å². The van der Waals surface area contributed by atoms with Crippen molar-refractivity contribution in [3.05, 3.63) is 23.3 Å². The van der Waals surface area contributed by atoms with Crippen molar-refractivity contribution in [1.29, 1.82) is 0 Å². The molecule has 0 aromatic heterocycles. The van der Waals surface area contributed by atoms with Crippen LogP contribution in [-0.4, -0.2) is 0 Å². The van der Waals surface area contributed by atoms with E-state index in [4.69, 9.17) is 0 Å². The first-order valence-electron chi connectivity index (χ1n) is 4.85. The zero-order valence-electron chi connectivity index (χ0n) is 9.20. The molecule has 0 nitrogen and oxygen atoms in total. The van der Waals surface area contributed by atoms with E-state index in [-0.39, 0.29) is 25.8 Å². The number of hydrogen-bond donors (Lipinski definition) is 0. The van der Waals surface area contributed by atoms with Gasteiger partial charge in [-0.05, 0) is 5.41 Å². The molecule has 0 aromatic carbocycles. The van der Waals surface area contributed by atoms with E-state index >= 15 is 0 Å². The zero-order valence-corrected chi connectivity index (χ0v) is 12.8. The summed E-state index contributed by atoms with van der Waals surface area (Å²) in [5.41, 5.74) is 3.29. The van der Waals surface area contributed by atoms with E-state index in [2.05, 4.69) is 39.8 Å². The predicted octanol–water partition coefficient (Wildman–Crippen LogP) is 3.89. The normalized spacial score (nSPS) is 16.3. The van der Waals surface area contributed by atoms with Crippen molar-refractivity contribution >= 4 is 0 Å². The molecule has 0 bridgehead atoms. The molecule has 1 rings (SSSR count). The van der Waals surface area contributed by atoms with Crippen LogP contribution in [0.25, 0.3) is 0 Å². The van der Waals surface area contributed by atoms with Gasteiger partial charge in [0.1, 0.15) is 0 Å². The summed E-state index contributed by atoms with van der Waals surface area (Å²) >= 11 is 0. The Kier molecular flexibility index (Phi) is 5.43. The maximum atomic E-state index is 3.44. The fourth-order valence-corrected chi connectivity index (χ4v) is 1.43.